The van der Waals surface area contributed by atoms with E-state index in [1.807, 2.05) is 0 Å². The quantitative estimate of drug-likeness (QED) is 0.805. The predicted molar refractivity (Wildman–Crippen MR) is 71.6 cm³/mol. The zero-order chi connectivity index (χ0) is 13.3. The molecule has 2 aromatic rings. The van der Waals surface area contributed by atoms with E-state index in [1.165, 1.54) is 12.3 Å². The smallest absolute Gasteiger partial charge is 0.166 e. The van der Waals surface area contributed by atoms with Gasteiger partial charge in [-0.3, -0.25) is 0 Å². The van der Waals surface area contributed by atoms with Crippen LogP contribution in [-0.2, 0) is 0 Å². The van der Waals surface area contributed by atoms with Gasteiger partial charge >= 0.3 is 0 Å². The molecule has 0 spiro atoms. The number of pyridine rings is 1. The molecular formula is C11H5BrCl2F2N2. The highest BCUT2D eigenvalue weighted by Crippen LogP contribution is 2.34. The third kappa shape index (κ3) is 2.91. The molecule has 0 aliphatic heterocycles. The van der Waals surface area contributed by atoms with E-state index in [0.717, 1.165) is 12.1 Å². The molecule has 0 aliphatic carbocycles. The zero-order valence-electron chi connectivity index (χ0n) is 8.65. The number of anilines is 2. The Bertz CT molecular complexity index is 585. The molecule has 0 radical (unpaired) electrons. The van der Waals surface area contributed by atoms with E-state index < -0.39 is 11.6 Å². The largest absolute Gasteiger partial charge is 0.335 e. The zero-order valence-corrected chi connectivity index (χ0v) is 11.7. The molecule has 0 unspecified atom stereocenters. The van der Waals surface area contributed by atoms with Gasteiger partial charge in [0.2, 0.25) is 0 Å². The highest BCUT2D eigenvalue weighted by atomic mass is 79.9. The van der Waals surface area contributed by atoms with Gasteiger partial charge in [-0.2, -0.15) is 0 Å². The van der Waals surface area contributed by atoms with Crippen LogP contribution in [-0.4, -0.2) is 4.98 Å². The van der Waals surface area contributed by atoms with Gasteiger partial charge in [0.15, 0.2) is 11.6 Å². The normalized spacial score (nSPS) is 10.5. The van der Waals surface area contributed by atoms with Crippen molar-refractivity contribution in [2.24, 2.45) is 0 Å². The van der Waals surface area contributed by atoms with Crippen molar-refractivity contribution >= 4 is 50.6 Å². The lowest BCUT2D eigenvalue weighted by molar-refractivity contribution is 0.625. The fourth-order valence-corrected chi connectivity index (χ4v) is 2.14. The van der Waals surface area contributed by atoms with Gasteiger partial charge in [0.25, 0.3) is 0 Å². The molecule has 2 rings (SSSR count). The number of nitrogens with zero attached hydrogens (tertiary/aromatic N) is 1. The Hall–Kier alpha value is -0.910. The summed E-state index contributed by atoms with van der Waals surface area (Å²) in [7, 11) is 0. The van der Waals surface area contributed by atoms with E-state index in [0.29, 0.717) is 4.47 Å². The van der Waals surface area contributed by atoms with Gasteiger partial charge in [-0.05, 0) is 34.1 Å². The van der Waals surface area contributed by atoms with Crippen LogP contribution in [0.25, 0.3) is 0 Å². The molecule has 1 N–H and O–H groups in total. The lowest BCUT2D eigenvalue weighted by Gasteiger charge is -2.10. The molecule has 1 heterocycles. The summed E-state index contributed by atoms with van der Waals surface area (Å²) >= 11 is 14.7. The van der Waals surface area contributed by atoms with Gasteiger partial charge in [0.05, 0.1) is 15.7 Å². The maximum absolute atomic E-state index is 13.6. The molecule has 0 fully saturated rings. The number of nitrogens with one attached hydrogen (secondary N) is 1. The van der Waals surface area contributed by atoms with E-state index in [4.69, 9.17) is 23.2 Å². The monoisotopic (exact) mass is 352 g/mol. The van der Waals surface area contributed by atoms with Crippen LogP contribution >= 0.6 is 39.1 Å². The van der Waals surface area contributed by atoms with E-state index >= 15 is 0 Å². The van der Waals surface area contributed by atoms with Gasteiger partial charge in [-0.25, -0.2) is 13.8 Å². The van der Waals surface area contributed by atoms with Crippen molar-refractivity contribution in [1.82, 2.24) is 4.98 Å². The predicted octanol–water partition coefficient (Wildman–Crippen LogP) is 5.17. The van der Waals surface area contributed by atoms with Crippen molar-refractivity contribution in [2.75, 3.05) is 5.32 Å². The second-order valence-electron chi connectivity index (χ2n) is 3.35. The minimum absolute atomic E-state index is 0.0455. The van der Waals surface area contributed by atoms with Crippen LogP contribution in [0.3, 0.4) is 0 Å². The Labute approximate surface area is 120 Å². The molecule has 7 heteroatoms. The average molecular weight is 354 g/mol. The summed E-state index contributed by atoms with van der Waals surface area (Å²) < 4.78 is 27.1. The van der Waals surface area contributed by atoms with Gasteiger partial charge < -0.3 is 5.32 Å². The van der Waals surface area contributed by atoms with Crippen LogP contribution in [0, 0.1) is 11.6 Å². The molecular weight excluding hydrogens is 349 g/mol. The van der Waals surface area contributed by atoms with E-state index in [9.17, 15) is 8.78 Å². The third-order valence-corrected chi connectivity index (χ3v) is 3.09. The van der Waals surface area contributed by atoms with Crippen LogP contribution in [0.4, 0.5) is 20.3 Å². The summed E-state index contributed by atoms with van der Waals surface area (Å²) in [5, 5.41) is 2.72. The number of rotatable bonds is 2. The summed E-state index contributed by atoms with van der Waals surface area (Å²) in [6, 6.07) is 3.39. The van der Waals surface area contributed by atoms with Crippen molar-refractivity contribution in [2.45, 2.75) is 0 Å². The van der Waals surface area contributed by atoms with E-state index in [1.54, 1.807) is 0 Å². The molecule has 2 nitrogen and oxygen atoms in total. The first kappa shape index (κ1) is 13.5. The molecule has 1 aromatic carbocycles. The maximum atomic E-state index is 13.6. The lowest BCUT2D eigenvalue weighted by Crippen LogP contribution is -1.98. The highest BCUT2D eigenvalue weighted by molar-refractivity contribution is 9.10. The van der Waals surface area contributed by atoms with Crippen molar-refractivity contribution < 1.29 is 8.78 Å². The Morgan fingerprint density at radius 2 is 1.72 bits per heavy atom. The fraction of sp³-hybridized carbons (Fsp3) is 0. The Kier molecular flexibility index (Phi) is 4.04. The standard InChI is InChI=1S/C11H5BrCl2F2N2/c12-5-1-9(16)11(17-4-5)18-10-7(13)2-6(15)3-8(10)14/h1-4H,(H,17,18). The molecule has 18 heavy (non-hydrogen) atoms. The van der Waals surface area contributed by atoms with Crippen LogP contribution < -0.4 is 5.32 Å². The first-order valence-electron chi connectivity index (χ1n) is 4.70. The molecule has 0 saturated heterocycles. The summed E-state index contributed by atoms with van der Waals surface area (Å²) in [6.07, 6.45) is 1.41. The van der Waals surface area contributed by atoms with Crippen molar-refractivity contribution in [3.05, 3.63) is 50.5 Å². The van der Waals surface area contributed by atoms with Gasteiger partial charge in [0, 0.05) is 10.7 Å². The first-order chi connectivity index (χ1) is 8.47. The fourth-order valence-electron chi connectivity index (χ4n) is 1.29. The lowest BCUT2D eigenvalue weighted by atomic mass is 10.3. The Balaban J connectivity index is 2.40. The van der Waals surface area contributed by atoms with Crippen LogP contribution in [0.15, 0.2) is 28.9 Å². The molecule has 94 valence electrons. The molecule has 0 bridgehead atoms. The summed E-state index contributed by atoms with van der Waals surface area (Å²) in [6.45, 7) is 0. The topological polar surface area (TPSA) is 24.9 Å². The number of halogens is 5. The number of hydrogen-bond acceptors (Lipinski definition) is 2. The van der Waals surface area contributed by atoms with Crippen LogP contribution in [0.2, 0.25) is 10.0 Å². The summed E-state index contributed by atoms with van der Waals surface area (Å²) in [5.41, 5.74) is 0.202. The maximum Gasteiger partial charge on any atom is 0.166 e. The minimum atomic E-state index is -0.583. The Morgan fingerprint density at radius 3 is 2.28 bits per heavy atom. The third-order valence-electron chi connectivity index (χ3n) is 2.06. The van der Waals surface area contributed by atoms with E-state index in [-0.39, 0.29) is 21.6 Å². The van der Waals surface area contributed by atoms with Crippen molar-refractivity contribution in [3.63, 3.8) is 0 Å². The van der Waals surface area contributed by atoms with Gasteiger partial charge in [-0.1, -0.05) is 23.2 Å². The van der Waals surface area contributed by atoms with Gasteiger partial charge in [0.1, 0.15) is 5.82 Å². The molecule has 0 amide bonds. The highest BCUT2D eigenvalue weighted by Gasteiger charge is 2.12. The molecule has 0 atom stereocenters. The summed E-state index contributed by atoms with van der Waals surface area (Å²) in [5.74, 6) is -1.20. The SMILES string of the molecule is Fc1cc(Cl)c(Nc2ncc(Br)cc2F)c(Cl)c1. The number of benzene rings is 1. The number of hydrogen-bond donors (Lipinski definition) is 1. The summed E-state index contributed by atoms with van der Waals surface area (Å²) in [4.78, 5) is 3.83. The second-order valence-corrected chi connectivity index (χ2v) is 5.08. The second kappa shape index (κ2) is 5.38. The molecule has 0 aliphatic rings. The molecule has 1 aromatic heterocycles. The number of aromatic nitrogens is 1. The minimum Gasteiger partial charge on any atom is -0.335 e. The van der Waals surface area contributed by atoms with Crippen molar-refractivity contribution in [1.29, 1.82) is 0 Å². The molecule has 0 saturated carbocycles. The first-order valence-corrected chi connectivity index (χ1v) is 6.25. The van der Waals surface area contributed by atoms with Crippen LogP contribution in [0.5, 0.6) is 0 Å². The van der Waals surface area contributed by atoms with Crippen LogP contribution in [0.1, 0.15) is 0 Å². The van der Waals surface area contributed by atoms with Crippen molar-refractivity contribution in [3.8, 4) is 0 Å². The van der Waals surface area contributed by atoms with Gasteiger partial charge in [-0.15, -0.1) is 0 Å². The Morgan fingerprint density at radius 1 is 1.11 bits per heavy atom. The van der Waals surface area contributed by atoms with E-state index in [2.05, 4.69) is 26.2 Å². The average Bonchev–Trinajstić information content (AvgIpc) is 2.25.